The first-order chi connectivity index (χ1) is 5.27. The van der Waals surface area contributed by atoms with Crippen LogP contribution < -0.4 is 0 Å². The predicted molar refractivity (Wildman–Crippen MR) is 46.2 cm³/mol. The summed E-state index contributed by atoms with van der Waals surface area (Å²) in [5.74, 6) is 0. The van der Waals surface area contributed by atoms with Crippen molar-refractivity contribution >= 4 is 17.8 Å². The van der Waals surface area contributed by atoms with Gasteiger partial charge in [-0.1, -0.05) is 11.6 Å². The van der Waals surface area contributed by atoms with Crippen molar-refractivity contribution in [2.75, 3.05) is 7.05 Å². The van der Waals surface area contributed by atoms with Crippen LogP contribution in [-0.4, -0.2) is 16.5 Å². The Hall–Kier alpha value is -0.890. The summed E-state index contributed by atoms with van der Waals surface area (Å²) in [6.07, 6.45) is 3.99. The van der Waals surface area contributed by atoms with Crippen molar-refractivity contribution in [3.63, 3.8) is 0 Å². The molecule has 0 radical (unpaired) electrons. The molecule has 0 unspecified atom stereocenters. The molecule has 1 aromatic rings. The summed E-state index contributed by atoms with van der Waals surface area (Å²) in [5.41, 5.74) is 1.24. The van der Waals surface area contributed by atoms with Crippen LogP contribution in [0.25, 0.3) is 6.20 Å². The van der Waals surface area contributed by atoms with E-state index >= 15 is 0 Å². The monoisotopic (exact) mass is 168 g/mol. The van der Waals surface area contributed by atoms with Crippen molar-refractivity contribution in [3.8, 4) is 0 Å². The third-order valence-electron chi connectivity index (χ3n) is 1.83. The Kier molecular flexibility index (Phi) is 1.43. The zero-order valence-electron chi connectivity index (χ0n) is 6.29. The molecule has 1 aliphatic rings. The van der Waals surface area contributed by atoms with Crippen LogP contribution in [0.1, 0.15) is 5.69 Å². The lowest BCUT2D eigenvalue weighted by Crippen LogP contribution is -2.16. The molecular formula is C8H9ClN2. The van der Waals surface area contributed by atoms with Crippen molar-refractivity contribution in [3.05, 3.63) is 29.2 Å². The van der Waals surface area contributed by atoms with Gasteiger partial charge in [0, 0.05) is 25.1 Å². The summed E-state index contributed by atoms with van der Waals surface area (Å²) in [7, 11) is 2.04. The third-order valence-corrected chi connectivity index (χ3v) is 2.14. The van der Waals surface area contributed by atoms with Gasteiger partial charge in [0.15, 0.2) is 0 Å². The van der Waals surface area contributed by atoms with E-state index in [4.69, 9.17) is 11.6 Å². The van der Waals surface area contributed by atoms with Gasteiger partial charge in [0.05, 0.1) is 6.54 Å². The van der Waals surface area contributed by atoms with Gasteiger partial charge in [-0.2, -0.15) is 0 Å². The average Bonchev–Trinajstić information content (AvgIpc) is 2.32. The van der Waals surface area contributed by atoms with Crippen LogP contribution in [0.4, 0.5) is 0 Å². The zero-order chi connectivity index (χ0) is 7.84. The fourth-order valence-electron chi connectivity index (χ4n) is 1.25. The molecule has 2 rings (SSSR count). The van der Waals surface area contributed by atoms with E-state index in [0.717, 1.165) is 11.7 Å². The van der Waals surface area contributed by atoms with Gasteiger partial charge >= 0.3 is 0 Å². The van der Waals surface area contributed by atoms with Crippen LogP contribution >= 0.6 is 11.6 Å². The molecule has 0 aromatic carbocycles. The molecule has 0 N–H and O–H groups in total. The number of hydrogen-bond donors (Lipinski definition) is 0. The summed E-state index contributed by atoms with van der Waals surface area (Å²) in [5, 5.41) is 0.782. The maximum absolute atomic E-state index is 5.90. The van der Waals surface area contributed by atoms with E-state index in [1.165, 1.54) is 5.69 Å². The summed E-state index contributed by atoms with van der Waals surface area (Å²) >= 11 is 5.90. The molecule has 3 heteroatoms. The third kappa shape index (κ3) is 1.03. The molecule has 2 nitrogen and oxygen atoms in total. The first kappa shape index (κ1) is 6.80. The molecule has 0 bridgehead atoms. The van der Waals surface area contributed by atoms with Crippen molar-refractivity contribution in [2.45, 2.75) is 6.54 Å². The Morgan fingerprint density at radius 3 is 3.00 bits per heavy atom. The minimum atomic E-state index is 0.782. The maximum Gasteiger partial charge on any atom is 0.113 e. The second kappa shape index (κ2) is 2.31. The lowest BCUT2D eigenvalue weighted by molar-refractivity contribution is 0.432. The van der Waals surface area contributed by atoms with E-state index in [1.807, 2.05) is 36.1 Å². The lowest BCUT2D eigenvalue weighted by atomic mass is 10.4. The molecule has 0 fully saturated rings. The molecule has 0 amide bonds. The molecule has 0 spiro atoms. The maximum atomic E-state index is 5.90. The van der Waals surface area contributed by atoms with Gasteiger partial charge < -0.3 is 9.47 Å². The highest BCUT2D eigenvalue weighted by Gasteiger charge is 2.08. The minimum absolute atomic E-state index is 0.782. The number of fused-ring (bicyclic) bond motifs is 1. The van der Waals surface area contributed by atoms with Gasteiger partial charge in [0.2, 0.25) is 0 Å². The fourth-order valence-corrected chi connectivity index (χ4v) is 1.48. The molecule has 11 heavy (non-hydrogen) atoms. The van der Waals surface area contributed by atoms with E-state index < -0.39 is 0 Å². The van der Waals surface area contributed by atoms with Crippen LogP contribution in [0.5, 0.6) is 0 Å². The molecule has 1 aliphatic heterocycles. The Bertz CT molecular complexity index is 301. The van der Waals surface area contributed by atoms with Crippen LogP contribution in [-0.2, 0) is 6.54 Å². The van der Waals surface area contributed by atoms with Gasteiger partial charge in [-0.25, -0.2) is 0 Å². The van der Waals surface area contributed by atoms with Gasteiger partial charge in [-0.3, -0.25) is 0 Å². The molecule has 1 aromatic heterocycles. The largest absolute Gasteiger partial charge is 0.373 e. The standard InChI is InChI=1S/C8H9ClN2/c1-10-4-5-11-7(6-10)2-3-8(11)9/h2-5H,6H2,1H3. The van der Waals surface area contributed by atoms with Crippen LogP contribution in [0.2, 0.25) is 5.15 Å². The molecule has 0 saturated heterocycles. The highest BCUT2D eigenvalue weighted by molar-refractivity contribution is 6.30. The predicted octanol–water partition coefficient (Wildman–Crippen LogP) is 2.02. The second-order valence-electron chi connectivity index (χ2n) is 2.73. The van der Waals surface area contributed by atoms with Crippen LogP contribution in [0.3, 0.4) is 0 Å². The zero-order valence-corrected chi connectivity index (χ0v) is 7.04. The molecular weight excluding hydrogens is 160 g/mol. The number of hydrogen-bond acceptors (Lipinski definition) is 1. The summed E-state index contributed by atoms with van der Waals surface area (Å²) < 4.78 is 1.99. The lowest BCUT2D eigenvalue weighted by Gasteiger charge is -2.19. The highest BCUT2D eigenvalue weighted by Crippen LogP contribution is 2.19. The van der Waals surface area contributed by atoms with Crippen molar-refractivity contribution in [1.29, 1.82) is 0 Å². The summed E-state index contributed by atoms with van der Waals surface area (Å²) in [4.78, 5) is 2.12. The van der Waals surface area contributed by atoms with E-state index in [2.05, 4.69) is 4.90 Å². The Labute approximate surface area is 70.7 Å². The van der Waals surface area contributed by atoms with Crippen LogP contribution in [0, 0.1) is 0 Å². The smallest absolute Gasteiger partial charge is 0.113 e. The van der Waals surface area contributed by atoms with Crippen molar-refractivity contribution < 1.29 is 0 Å². The Morgan fingerprint density at radius 1 is 1.36 bits per heavy atom. The van der Waals surface area contributed by atoms with Crippen molar-refractivity contribution in [1.82, 2.24) is 9.47 Å². The normalized spacial score (nSPS) is 15.3. The van der Waals surface area contributed by atoms with E-state index in [0.29, 0.717) is 0 Å². The fraction of sp³-hybridized carbons (Fsp3) is 0.250. The van der Waals surface area contributed by atoms with E-state index in [-0.39, 0.29) is 0 Å². The van der Waals surface area contributed by atoms with Gasteiger partial charge in [0.1, 0.15) is 5.15 Å². The molecule has 0 atom stereocenters. The van der Waals surface area contributed by atoms with Crippen molar-refractivity contribution in [2.24, 2.45) is 0 Å². The highest BCUT2D eigenvalue weighted by atomic mass is 35.5. The topological polar surface area (TPSA) is 8.17 Å². The average molecular weight is 169 g/mol. The van der Waals surface area contributed by atoms with Gasteiger partial charge in [0.25, 0.3) is 0 Å². The number of halogens is 1. The Morgan fingerprint density at radius 2 is 2.18 bits per heavy atom. The molecule has 0 aliphatic carbocycles. The SMILES string of the molecule is CN1C=Cn2c(Cl)ccc2C1. The van der Waals surface area contributed by atoms with E-state index in [1.54, 1.807) is 0 Å². The first-order valence-electron chi connectivity index (χ1n) is 3.51. The molecule has 58 valence electrons. The molecule has 2 heterocycles. The van der Waals surface area contributed by atoms with Crippen LogP contribution in [0.15, 0.2) is 18.3 Å². The summed E-state index contributed by atoms with van der Waals surface area (Å²) in [6, 6.07) is 3.96. The van der Waals surface area contributed by atoms with Gasteiger partial charge in [-0.15, -0.1) is 0 Å². The Balaban J connectivity index is 2.48. The number of rotatable bonds is 0. The van der Waals surface area contributed by atoms with E-state index in [9.17, 15) is 0 Å². The quantitative estimate of drug-likeness (QED) is 0.576. The number of nitrogens with zero attached hydrogens (tertiary/aromatic N) is 2. The first-order valence-corrected chi connectivity index (χ1v) is 3.89. The number of aromatic nitrogens is 1. The molecule has 0 saturated carbocycles. The van der Waals surface area contributed by atoms with Gasteiger partial charge in [-0.05, 0) is 12.1 Å². The minimum Gasteiger partial charge on any atom is -0.373 e. The summed E-state index contributed by atoms with van der Waals surface area (Å²) in [6.45, 7) is 0.934. The second-order valence-corrected chi connectivity index (χ2v) is 3.12.